The highest BCUT2D eigenvalue weighted by Gasteiger charge is 2.29. The van der Waals surface area contributed by atoms with Crippen LogP contribution in [-0.2, 0) is 11.2 Å². The molecule has 0 bridgehead atoms. The summed E-state index contributed by atoms with van der Waals surface area (Å²) in [6.07, 6.45) is 11.4. The smallest absolute Gasteiger partial charge is 0.225 e. The van der Waals surface area contributed by atoms with Crippen LogP contribution in [0.4, 0.5) is 5.95 Å². The third-order valence-corrected chi connectivity index (χ3v) is 6.37. The number of anilines is 1. The maximum Gasteiger partial charge on any atom is 0.225 e. The Morgan fingerprint density at radius 2 is 1.92 bits per heavy atom. The van der Waals surface area contributed by atoms with E-state index in [-0.39, 0.29) is 24.5 Å². The quantitative estimate of drug-likeness (QED) is 0.864. The molecule has 2 fully saturated rings. The number of rotatable bonds is 4. The predicted molar refractivity (Wildman–Crippen MR) is 99.8 cm³/mol. The normalized spacial score (nSPS) is 24.5. The van der Waals surface area contributed by atoms with Crippen molar-refractivity contribution >= 4 is 11.9 Å². The van der Waals surface area contributed by atoms with Gasteiger partial charge in [-0.15, -0.1) is 0 Å². The van der Waals surface area contributed by atoms with Crippen LogP contribution in [-0.4, -0.2) is 40.7 Å². The first-order valence-electron chi connectivity index (χ1n) is 10.3. The van der Waals surface area contributed by atoms with Crippen LogP contribution in [0.3, 0.4) is 0 Å². The van der Waals surface area contributed by atoms with E-state index in [4.69, 9.17) is 4.98 Å². The molecule has 0 radical (unpaired) electrons. The number of aliphatic hydroxyl groups is 1. The summed E-state index contributed by atoms with van der Waals surface area (Å²) in [6, 6.07) is 0.0704. The van der Waals surface area contributed by atoms with Crippen molar-refractivity contribution in [3.05, 3.63) is 17.5 Å². The minimum absolute atomic E-state index is 0.0704. The molecule has 1 aromatic heterocycles. The van der Waals surface area contributed by atoms with Gasteiger partial charge in [0.25, 0.3) is 0 Å². The molecule has 26 heavy (non-hydrogen) atoms. The van der Waals surface area contributed by atoms with E-state index in [0.29, 0.717) is 5.92 Å². The molecule has 1 atom stereocenters. The van der Waals surface area contributed by atoms with Crippen molar-refractivity contribution in [3.8, 4) is 0 Å². The van der Waals surface area contributed by atoms with E-state index in [1.165, 1.54) is 12.8 Å². The van der Waals surface area contributed by atoms with Crippen LogP contribution in [0.25, 0.3) is 0 Å². The number of carbonyl (C=O) groups excluding carboxylic acids is 1. The molecule has 1 aromatic rings. The Morgan fingerprint density at radius 1 is 1.15 bits per heavy atom. The molecule has 6 heteroatoms. The van der Waals surface area contributed by atoms with E-state index in [1.54, 1.807) is 0 Å². The molecular formula is C20H30N4O2. The van der Waals surface area contributed by atoms with Gasteiger partial charge in [0.2, 0.25) is 11.9 Å². The van der Waals surface area contributed by atoms with Crippen molar-refractivity contribution < 1.29 is 9.90 Å². The molecule has 1 unspecified atom stereocenters. The number of nitrogens with one attached hydrogen (secondary N) is 1. The number of piperidine rings is 1. The Hall–Kier alpha value is -1.69. The zero-order chi connectivity index (χ0) is 17.9. The summed E-state index contributed by atoms with van der Waals surface area (Å²) in [5.41, 5.74) is 2.21. The second-order valence-corrected chi connectivity index (χ2v) is 8.12. The van der Waals surface area contributed by atoms with E-state index in [9.17, 15) is 9.90 Å². The molecule has 0 spiro atoms. The fourth-order valence-corrected chi connectivity index (χ4v) is 4.63. The number of aromatic nitrogens is 2. The van der Waals surface area contributed by atoms with Crippen molar-refractivity contribution in [2.75, 3.05) is 24.6 Å². The van der Waals surface area contributed by atoms with Crippen LogP contribution < -0.4 is 10.2 Å². The fraction of sp³-hybridized carbons (Fsp3) is 0.750. The number of amides is 1. The Labute approximate surface area is 155 Å². The Bertz CT molecular complexity index is 637. The molecule has 4 rings (SSSR count). The van der Waals surface area contributed by atoms with E-state index < -0.39 is 0 Å². The number of aryl methyl sites for hydroxylation is 1. The number of hydrogen-bond donors (Lipinski definition) is 2. The van der Waals surface area contributed by atoms with E-state index in [2.05, 4.69) is 15.2 Å². The van der Waals surface area contributed by atoms with Crippen LogP contribution in [0.1, 0.15) is 68.7 Å². The van der Waals surface area contributed by atoms with Crippen molar-refractivity contribution in [1.29, 1.82) is 0 Å². The molecule has 1 saturated carbocycles. The van der Waals surface area contributed by atoms with Gasteiger partial charge in [-0.25, -0.2) is 9.97 Å². The molecule has 1 amide bonds. The summed E-state index contributed by atoms with van der Waals surface area (Å²) in [7, 11) is 0. The average molecular weight is 358 g/mol. The molecule has 0 aromatic carbocycles. The molecule has 2 heterocycles. The molecule has 1 aliphatic heterocycles. The van der Waals surface area contributed by atoms with Crippen molar-refractivity contribution in [2.45, 2.75) is 63.8 Å². The maximum absolute atomic E-state index is 12.5. The van der Waals surface area contributed by atoms with Crippen molar-refractivity contribution in [3.63, 3.8) is 0 Å². The first-order valence-corrected chi connectivity index (χ1v) is 10.3. The van der Waals surface area contributed by atoms with Gasteiger partial charge in [0.15, 0.2) is 0 Å². The number of nitrogens with zero attached hydrogens (tertiary/aromatic N) is 3. The lowest BCUT2D eigenvalue weighted by Gasteiger charge is -2.32. The van der Waals surface area contributed by atoms with Crippen LogP contribution in [0.2, 0.25) is 0 Å². The molecule has 142 valence electrons. The molecule has 3 aliphatic rings. The summed E-state index contributed by atoms with van der Waals surface area (Å²) in [4.78, 5) is 24.2. The summed E-state index contributed by atoms with van der Waals surface area (Å²) >= 11 is 0. The summed E-state index contributed by atoms with van der Waals surface area (Å²) in [5.74, 6) is 1.64. The highest BCUT2D eigenvalue weighted by atomic mass is 16.3. The van der Waals surface area contributed by atoms with Crippen LogP contribution in [0.5, 0.6) is 0 Å². The van der Waals surface area contributed by atoms with Gasteiger partial charge in [-0.2, -0.15) is 0 Å². The van der Waals surface area contributed by atoms with Crippen molar-refractivity contribution in [2.24, 2.45) is 11.8 Å². The number of fused-ring (bicyclic) bond motifs is 1. The number of aliphatic hydroxyl groups excluding tert-OH is 1. The number of hydrogen-bond acceptors (Lipinski definition) is 5. The minimum Gasteiger partial charge on any atom is -0.396 e. The first-order chi connectivity index (χ1) is 12.7. The largest absolute Gasteiger partial charge is 0.396 e. The molecule has 2 N–H and O–H groups in total. The van der Waals surface area contributed by atoms with Gasteiger partial charge < -0.3 is 15.3 Å². The molecule has 6 nitrogen and oxygen atoms in total. The van der Waals surface area contributed by atoms with Crippen LogP contribution in [0.15, 0.2) is 6.20 Å². The van der Waals surface area contributed by atoms with Crippen LogP contribution in [0, 0.1) is 11.8 Å². The van der Waals surface area contributed by atoms with Gasteiger partial charge in [0.05, 0.1) is 11.7 Å². The highest BCUT2D eigenvalue weighted by molar-refractivity contribution is 5.79. The summed E-state index contributed by atoms with van der Waals surface area (Å²) in [5, 5.41) is 12.6. The zero-order valence-corrected chi connectivity index (χ0v) is 15.5. The Kier molecular flexibility index (Phi) is 5.38. The highest BCUT2D eigenvalue weighted by Crippen LogP contribution is 2.32. The SMILES string of the molecule is O=C(NC1CCCc2nc(N3CCC(CO)CC3)ncc21)C1CCCC1. The van der Waals surface area contributed by atoms with Gasteiger partial charge in [-0.1, -0.05) is 12.8 Å². The van der Waals surface area contributed by atoms with Gasteiger partial charge in [0.1, 0.15) is 0 Å². The molecular weight excluding hydrogens is 328 g/mol. The average Bonchev–Trinajstić information content (AvgIpc) is 3.23. The fourth-order valence-electron chi connectivity index (χ4n) is 4.63. The lowest BCUT2D eigenvalue weighted by atomic mass is 9.91. The topological polar surface area (TPSA) is 78.4 Å². The van der Waals surface area contributed by atoms with Gasteiger partial charge in [-0.05, 0) is 50.9 Å². The van der Waals surface area contributed by atoms with Crippen LogP contribution >= 0.6 is 0 Å². The number of carbonyl (C=O) groups is 1. The predicted octanol–water partition coefficient (Wildman–Crippen LogP) is 2.37. The third kappa shape index (κ3) is 3.70. The minimum atomic E-state index is 0.0704. The first kappa shape index (κ1) is 17.7. The van der Waals surface area contributed by atoms with Gasteiger partial charge >= 0.3 is 0 Å². The van der Waals surface area contributed by atoms with Crippen molar-refractivity contribution in [1.82, 2.24) is 15.3 Å². The molecule has 1 saturated heterocycles. The van der Waals surface area contributed by atoms with E-state index >= 15 is 0 Å². The van der Waals surface area contributed by atoms with Gasteiger partial charge in [0, 0.05) is 37.4 Å². The summed E-state index contributed by atoms with van der Waals surface area (Å²) < 4.78 is 0. The van der Waals surface area contributed by atoms with E-state index in [1.807, 2.05) is 6.20 Å². The second-order valence-electron chi connectivity index (χ2n) is 8.12. The van der Waals surface area contributed by atoms with Gasteiger partial charge in [-0.3, -0.25) is 4.79 Å². The molecule has 2 aliphatic carbocycles. The Morgan fingerprint density at radius 3 is 2.65 bits per heavy atom. The zero-order valence-electron chi connectivity index (χ0n) is 15.5. The lowest BCUT2D eigenvalue weighted by molar-refractivity contribution is -0.125. The second kappa shape index (κ2) is 7.91. The standard InChI is InChI=1S/C20H30N4O2/c25-13-14-8-10-24(11-9-14)20-21-12-16-17(6-3-7-18(16)23-20)22-19(26)15-4-1-2-5-15/h12,14-15,17,25H,1-11,13H2,(H,22,26). The monoisotopic (exact) mass is 358 g/mol. The third-order valence-electron chi connectivity index (χ3n) is 6.37. The maximum atomic E-state index is 12.5. The summed E-state index contributed by atoms with van der Waals surface area (Å²) in [6.45, 7) is 2.10. The Balaban J connectivity index is 1.44. The van der Waals surface area contributed by atoms with E-state index in [0.717, 1.165) is 75.2 Å². The lowest BCUT2D eigenvalue weighted by Crippen LogP contribution is -2.37.